The average Bonchev–Trinajstić information content (AvgIpc) is 2.11. The summed E-state index contributed by atoms with van der Waals surface area (Å²) in [6, 6.07) is 5.17. The molecule has 0 heterocycles. The van der Waals surface area contributed by atoms with E-state index in [0.29, 0.717) is 5.56 Å². The summed E-state index contributed by atoms with van der Waals surface area (Å²) in [7, 11) is 0. The lowest BCUT2D eigenvalue weighted by molar-refractivity contribution is -0.385. The van der Waals surface area contributed by atoms with Crippen molar-refractivity contribution in [3.05, 3.63) is 38.9 Å². The molecule has 0 fully saturated rings. The zero-order valence-corrected chi connectivity index (χ0v) is 8.07. The summed E-state index contributed by atoms with van der Waals surface area (Å²) < 4.78 is 0. The van der Waals surface area contributed by atoms with Crippen molar-refractivity contribution in [2.24, 2.45) is 0 Å². The first-order chi connectivity index (χ1) is 6.57. The Morgan fingerprint density at radius 2 is 2.14 bits per heavy atom. The second kappa shape index (κ2) is 3.88. The fourth-order valence-corrected chi connectivity index (χ4v) is 1.43. The van der Waals surface area contributed by atoms with Crippen LogP contribution in [0, 0.1) is 35.3 Å². The van der Waals surface area contributed by atoms with Crippen molar-refractivity contribution < 1.29 is 4.92 Å². The zero-order valence-electron chi connectivity index (χ0n) is 8.07. The molecule has 0 unspecified atom stereocenters. The molecule has 0 aliphatic rings. The molecule has 0 atom stereocenters. The van der Waals surface area contributed by atoms with Crippen LogP contribution in [0.5, 0.6) is 0 Å². The number of aryl methyl sites for hydroxylation is 1. The number of nitrogens with zero attached hydrogens (tertiary/aromatic N) is 2. The average molecular weight is 190 g/mol. The smallest absolute Gasteiger partial charge is 0.258 e. The van der Waals surface area contributed by atoms with Crippen LogP contribution in [-0.2, 0) is 6.42 Å². The van der Waals surface area contributed by atoms with Crippen LogP contribution in [0.25, 0.3) is 0 Å². The van der Waals surface area contributed by atoms with Crippen molar-refractivity contribution in [3.63, 3.8) is 0 Å². The first-order valence-electron chi connectivity index (χ1n) is 4.18. The van der Waals surface area contributed by atoms with Gasteiger partial charge in [-0.2, -0.15) is 5.26 Å². The second-order valence-corrected chi connectivity index (χ2v) is 3.10. The monoisotopic (exact) mass is 190 g/mol. The number of rotatable bonds is 2. The van der Waals surface area contributed by atoms with Gasteiger partial charge in [0.2, 0.25) is 0 Å². The van der Waals surface area contributed by atoms with Gasteiger partial charge in [-0.3, -0.25) is 10.1 Å². The van der Waals surface area contributed by atoms with Gasteiger partial charge in [-0.15, -0.1) is 0 Å². The van der Waals surface area contributed by atoms with Gasteiger partial charge in [0.05, 0.1) is 17.4 Å². The molecule has 0 radical (unpaired) electrons. The quantitative estimate of drug-likeness (QED) is 0.530. The van der Waals surface area contributed by atoms with Crippen molar-refractivity contribution in [3.8, 4) is 6.07 Å². The van der Waals surface area contributed by atoms with Gasteiger partial charge in [0.25, 0.3) is 5.69 Å². The van der Waals surface area contributed by atoms with E-state index >= 15 is 0 Å². The van der Waals surface area contributed by atoms with Gasteiger partial charge in [0.15, 0.2) is 0 Å². The molecule has 4 nitrogen and oxygen atoms in total. The summed E-state index contributed by atoms with van der Waals surface area (Å²) >= 11 is 0. The van der Waals surface area contributed by atoms with Crippen LogP contribution < -0.4 is 0 Å². The summed E-state index contributed by atoms with van der Waals surface area (Å²) in [6.45, 7) is 3.53. The van der Waals surface area contributed by atoms with Gasteiger partial charge in [-0.05, 0) is 25.0 Å². The first kappa shape index (κ1) is 10.2. The van der Waals surface area contributed by atoms with E-state index < -0.39 is 4.92 Å². The highest BCUT2D eigenvalue weighted by Crippen LogP contribution is 2.24. The summed E-state index contributed by atoms with van der Waals surface area (Å²) in [6.07, 6.45) is 0.222. The van der Waals surface area contributed by atoms with Crippen LogP contribution in [-0.4, -0.2) is 4.92 Å². The maximum absolute atomic E-state index is 10.6. The minimum atomic E-state index is -0.421. The second-order valence-electron chi connectivity index (χ2n) is 3.10. The number of nitriles is 1. The van der Waals surface area contributed by atoms with Gasteiger partial charge >= 0.3 is 0 Å². The Balaban J connectivity index is 3.35. The predicted molar refractivity (Wildman–Crippen MR) is 51.9 cm³/mol. The highest BCUT2D eigenvalue weighted by molar-refractivity contribution is 5.49. The minimum absolute atomic E-state index is 0.0841. The van der Waals surface area contributed by atoms with Crippen LogP contribution in [0.15, 0.2) is 12.1 Å². The van der Waals surface area contributed by atoms with Crippen LogP contribution in [0.2, 0.25) is 0 Å². The maximum Gasteiger partial charge on any atom is 0.272 e. The highest BCUT2D eigenvalue weighted by atomic mass is 16.6. The Kier molecular flexibility index (Phi) is 2.82. The van der Waals surface area contributed by atoms with Crippen LogP contribution in [0.3, 0.4) is 0 Å². The Morgan fingerprint density at radius 1 is 1.50 bits per heavy atom. The molecule has 4 heteroatoms. The van der Waals surface area contributed by atoms with E-state index in [1.807, 2.05) is 13.0 Å². The van der Waals surface area contributed by atoms with Crippen LogP contribution in [0.1, 0.15) is 16.7 Å². The normalized spacial score (nSPS) is 9.50. The molecule has 0 aliphatic carbocycles. The third-order valence-electron chi connectivity index (χ3n) is 2.26. The highest BCUT2D eigenvalue weighted by Gasteiger charge is 2.14. The Bertz CT molecular complexity index is 419. The molecule has 0 bridgehead atoms. The Morgan fingerprint density at radius 3 is 2.64 bits per heavy atom. The van der Waals surface area contributed by atoms with Gasteiger partial charge < -0.3 is 0 Å². The van der Waals surface area contributed by atoms with Gasteiger partial charge in [-0.25, -0.2) is 0 Å². The van der Waals surface area contributed by atoms with E-state index in [0.717, 1.165) is 11.1 Å². The fraction of sp³-hybridized carbons (Fsp3) is 0.300. The molecule has 1 rings (SSSR count). The van der Waals surface area contributed by atoms with E-state index in [1.165, 1.54) is 6.07 Å². The minimum Gasteiger partial charge on any atom is -0.258 e. The van der Waals surface area contributed by atoms with E-state index in [2.05, 4.69) is 0 Å². The Hall–Kier alpha value is -1.89. The predicted octanol–water partition coefficient (Wildman–Crippen LogP) is 2.28. The van der Waals surface area contributed by atoms with Crippen molar-refractivity contribution in [2.45, 2.75) is 20.3 Å². The largest absolute Gasteiger partial charge is 0.272 e. The zero-order chi connectivity index (χ0) is 10.7. The summed E-state index contributed by atoms with van der Waals surface area (Å²) in [5.74, 6) is 0. The molecule has 0 saturated carbocycles. The fourth-order valence-electron chi connectivity index (χ4n) is 1.43. The van der Waals surface area contributed by atoms with Crippen LogP contribution >= 0.6 is 0 Å². The third kappa shape index (κ3) is 1.72. The number of hydrogen-bond acceptors (Lipinski definition) is 3. The standard InChI is InChI=1S/C10H10N2O2/c1-7-3-4-10(12(13)14)8(2)9(7)5-6-11/h3-4H,5H2,1-2H3. The van der Waals surface area contributed by atoms with Crippen LogP contribution in [0.4, 0.5) is 5.69 Å². The molecule has 0 aromatic heterocycles. The molecular formula is C10H10N2O2. The van der Waals surface area contributed by atoms with E-state index in [-0.39, 0.29) is 12.1 Å². The maximum atomic E-state index is 10.6. The molecule has 0 amide bonds. The summed E-state index contributed by atoms with van der Waals surface area (Å²) in [4.78, 5) is 10.2. The van der Waals surface area contributed by atoms with E-state index in [9.17, 15) is 10.1 Å². The molecular weight excluding hydrogens is 180 g/mol. The molecule has 0 saturated heterocycles. The number of benzene rings is 1. The lowest BCUT2D eigenvalue weighted by Crippen LogP contribution is -1.98. The summed E-state index contributed by atoms with van der Waals surface area (Å²) in [5, 5.41) is 19.2. The van der Waals surface area contributed by atoms with Gasteiger partial charge in [-0.1, -0.05) is 6.07 Å². The first-order valence-corrected chi connectivity index (χ1v) is 4.18. The molecule has 1 aromatic rings. The van der Waals surface area contributed by atoms with E-state index in [1.54, 1.807) is 13.0 Å². The lowest BCUT2D eigenvalue weighted by atomic mass is 9.99. The number of nitro groups is 1. The molecule has 0 aliphatic heterocycles. The third-order valence-corrected chi connectivity index (χ3v) is 2.26. The molecule has 72 valence electrons. The number of nitro benzene ring substituents is 1. The van der Waals surface area contributed by atoms with Crippen molar-refractivity contribution in [1.29, 1.82) is 5.26 Å². The molecule has 0 N–H and O–H groups in total. The Labute approximate surface area is 81.9 Å². The summed E-state index contributed by atoms with van der Waals surface area (Å²) in [5.41, 5.74) is 2.37. The molecule has 14 heavy (non-hydrogen) atoms. The van der Waals surface area contributed by atoms with Crippen molar-refractivity contribution >= 4 is 5.69 Å². The number of hydrogen-bond donors (Lipinski definition) is 0. The van der Waals surface area contributed by atoms with Gasteiger partial charge in [0, 0.05) is 11.6 Å². The lowest BCUT2D eigenvalue weighted by Gasteiger charge is -2.05. The van der Waals surface area contributed by atoms with Crippen molar-refractivity contribution in [1.82, 2.24) is 0 Å². The van der Waals surface area contributed by atoms with Gasteiger partial charge in [0.1, 0.15) is 0 Å². The SMILES string of the molecule is Cc1ccc([N+](=O)[O-])c(C)c1CC#N. The van der Waals surface area contributed by atoms with E-state index in [4.69, 9.17) is 5.26 Å². The molecule has 0 spiro atoms. The van der Waals surface area contributed by atoms with Crippen molar-refractivity contribution in [2.75, 3.05) is 0 Å². The topological polar surface area (TPSA) is 66.9 Å². The molecule has 1 aromatic carbocycles.